The van der Waals surface area contributed by atoms with Gasteiger partial charge in [0.2, 0.25) is 0 Å². The number of carbonyl (C=O) groups is 1. The van der Waals surface area contributed by atoms with Crippen LogP contribution in [0, 0.1) is 0 Å². The Hall–Kier alpha value is -1.62. The van der Waals surface area contributed by atoms with Crippen LogP contribution < -0.4 is 0 Å². The van der Waals surface area contributed by atoms with Crippen molar-refractivity contribution < 1.29 is 9.90 Å². The van der Waals surface area contributed by atoms with Gasteiger partial charge < -0.3 is 14.9 Å². The molecule has 0 fully saturated rings. The lowest BCUT2D eigenvalue weighted by Crippen LogP contribution is -2.30. The van der Waals surface area contributed by atoms with Crippen molar-refractivity contribution in [2.75, 3.05) is 34.2 Å². The summed E-state index contributed by atoms with van der Waals surface area (Å²) in [4.78, 5) is 19.5. The summed E-state index contributed by atoms with van der Waals surface area (Å²) in [6, 6.07) is 3.06. The summed E-state index contributed by atoms with van der Waals surface area (Å²) in [6.07, 6.45) is 2.39. The molecule has 5 heteroatoms. The third kappa shape index (κ3) is 4.03. The van der Waals surface area contributed by atoms with Crippen molar-refractivity contribution in [3.8, 4) is 5.75 Å². The summed E-state index contributed by atoms with van der Waals surface area (Å²) in [5.41, 5.74) is 0.111. The van der Waals surface area contributed by atoms with Crippen molar-refractivity contribution in [1.82, 2.24) is 14.8 Å². The number of aromatic nitrogens is 1. The fraction of sp³-hybridized carbons (Fsp3) is 0.500. The molecule has 0 bridgehead atoms. The number of pyridine rings is 1. The van der Waals surface area contributed by atoms with Gasteiger partial charge in [-0.05, 0) is 39.2 Å². The largest absolute Gasteiger partial charge is 0.505 e. The summed E-state index contributed by atoms with van der Waals surface area (Å²) >= 11 is 0. The van der Waals surface area contributed by atoms with Gasteiger partial charge in [-0.3, -0.25) is 4.79 Å². The van der Waals surface area contributed by atoms with Crippen molar-refractivity contribution in [2.24, 2.45) is 0 Å². The van der Waals surface area contributed by atoms with Crippen LogP contribution in [-0.2, 0) is 0 Å². The third-order valence-corrected chi connectivity index (χ3v) is 2.43. The lowest BCUT2D eigenvalue weighted by atomic mass is 10.3. The monoisotopic (exact) mass is 237 g/mol. The lowest BCUT2D eigenvalue weighted by Gasteiger charge is -2.18. The van der Waals surface area contributed by atoms with Gasteiger partial charge in [0.25, 0.3) is 5.91 Å². The standard InChI is InChI=1S/C12H19N3O2/c1-14(2)8-5-9-15(3)12(17)11-10(16)6-4-7-13-11/h4,6-7,16H,5,8-9H2,1-3H3. The number of hydrogen-bond donors (Lipinski definition) is 1. The number of aromatic hydroxyl groups is 1. The van der Waals surface area contributed by atoms with Gasteiger partial charge in [-0.25, -0.2) is 4.98 Å². The smallest absolute Gasteiger partial charge is 0.276 e. The van der Waals surface area contributed by atoms with E-state index in [9.17, 15) is 9.90 Å². The SMILES string of the molecule is CN(C)CCCN(C)C(=O)c1ncccc1O. The van der Waals surface area contributed by atoms with Gasteiger partial charge in [-0.1, -0.05) is 0 Å². The molecule has 1 rings (SSSR count). The van der Waals surface area contributed by atoms with Crippen molar-refractivity contribution in [3.63, 3.8) is 0 Å². The Bertz CT molecular complexity index is 380. The highest BCUT2D eigenvalue weighted by Gasteiger charge is 2.16. The van der Waals surface area contributed by atoms with E-state index in [1.165, 1.54) is 12.3 Å². The fourth-order valence-electron chi connectivity index (χ4n) is 1.47. The zero-order valence-corrected chi connectivity index (χ0v) is 10.6. The van der Waals surface area contributed by atoms with Gasteiger partial charge in [0.05, 0.1) is 0 Å². The van der Waals surface area contributed by atoms with Crippen molar-refractivity contribution in [2.45, 2.75) is 6.42 Å². The average Bonchev–Trinajstić information content (AvgIpc) is 2.28. The summed E-state index contributed by atoms with van der Waals surface area (Å²) in [7, 11) is 5.70. The highest BCUT2D eigenvalue weighted by molar-refractivity contribution is 5.94. The van der Waals surface area contributed by atoms with E-state index in [4.69, 9.17) is 0 Å². The molecule has 0 spiro atoms. The van der Waals surface area contributed by atoms with Crippen molar-refractivity contribution in [3.05, 3.63) is 24.0 Å². The Morgan fingerprint density at radius 2 is 2.06 bits per heavy atom. The van der Waals surface area contributed by atoms with E-state index in [0.717, 1.165) is 13.0 Å². The van der Waals surface area contributed by atoms with Crippen LogP contribution in [0.2, 0.25) is 0 Å². The molecule has 5 nitrogen and oxygen atoms in total. The van der Waals surface area contributed by atoms with Gasteiger partial charge in [0, 0.05) is 19.8 Å². The number of rotatable bonds is 5. The average molecular weight is 237 g/mol. The van der Waals surface area contributed by atoms with Crippen LogP contribution in [0.5, 0.6) is 5.75 Å². The minimum absolute atomic E-state index is 0.0723. The first kappa shape index (κ1) is 13.4. The molecule has 0 saturated carbocycles. The Kier molecular flexibility index (Phi) is 4.90. The normalized spacial score (nSPS) is 10.6. The molecule has 94 valence electrons. The molecule has 1 aromatic rings. The van der Waals surface area contributed by atoms with Crippen LogP contribution in [0.4, 0.5) is 0 Å². The molecule has 0 unspecified atom stereocenters. The van der Waals surface area contributed by atoms with Crippen LogP contribution in [0.15, 0.2) is 18.3 Å². The molecule has 1 amide bonds. The summed E-state index contributed by atoms with van der Waals surface area (Å²) in [6.45, 7) is 1.57. The maximum atomic E-state index is 11.9. The number of amides is 1. The van der Waals surface area contributed by atoms with E-state index in [1.807, 2.05) is 14.1 Å². The quantitative estimate of drug-likeness (QED) is 0.823. The minimum Gasteiger partial charge on any atom is -0.505 e. The van der Waals surface area contributed by atoms with E-state index in [2.05, 4.69) is 9.88 Å². The zero-order valence-electron chi connectivity index (χ0n) is 10.6. The predicted molar refractivity (Wildman–Crippen MR) is 66.0 cm³/mol. The molecule has 0 atom stereocenters. The molecule has 1 aromatic heterocycles. The first-order valence-electron chi connectivity index (χ1n) is 5.56. The Morgan fingerprint density at radius 1 is 1.35 bits per heavy atom. The van der Waals surface area contributed by atoms with Crippen LogP contribution in [-0.4, -0.2) is 60.0 Å². The molecule has 0 radical (unpaired) electrons. The maximum absolute atomic E-state index is 11.9. The van der Waals surface area contributed by atoms with Gasteiger partial charge >= 0.3 is 0 Å². The zero-order chi connectivity index (χ0) is 12.8. The topological polar surface area (TPSA) is 56.7 Å². The maximum Gasteiger partial charge on any atom is 0.276 e. The van der Waals surface area contributed by atoms with Crippen LogP contribution in [0.1, 0.15) is 16.9 Å². The van der Waals surface area contributed by atoms with Crippen LogP contribution in [0.25, 0.3) is 0 Å². The molecule has 1 N–H and O–H groups in total. The summed E-state index contributed by atoms with van der Waals surface area (Å²) < 4.78 is 0. The molecular formula is C12H19N3O2. The van der Waals surface area contributed by atoms with E-state index < -0.39 is 0 Å². The first-order chi connectivity index (χ1) is 8.02. The molecular weight excluding hydrogens is 218 g/mol. The molecule has 0 saturated heterocycles. The van der Waals surface area contributed by atoms with Gasteiger partial charge in [-0.15, -0.1) is 0 Å². The van der Waals surface area contributed by atoms with Crippen LogP contribution in [0.3, 0.4) is 0 Å². The number of nitrogens with zero attached hydrogens (tertiary/aromatic N) is 3. The van der Waals surface area contributed by atoms with Crippen LogP contribution >= 0.6 is 0 Å². The number of carbonyl (C=O) groups excluding carboxylic acids is 1. The van der Waals surface area contributed by atoms with E-state index in [-0.39, 0.29) is 17.4 Å². The van der Waals surface area contributed by atoms with Crippen molar-refractivity contribution in [1.29, 1.82) is 0 Å². The predicted octanol–water partition coefficient (Wildman–Crippen LogP) is 0.811. The Morgan fingerprint density at radius 3 is 2.65 bits per heavy atom. The fourth-order valence-corrected chi connectivity index (χ4v) is 1.47. The molecule has 0 aliphatic heterocycles. The number of hydrogen-bond acceptors (Lipinski definition) is 4. The van der Waals surface area contributed by atoms with Gasteiger partial charge in [0.1, 0.15) is 5.75 Å². The lowest BCUT2D eigenvalue weighted by molar-refractivity contribution is 0.0781. The molecule has 17 heavy (non-hydrogen) atoms. The van der Waals surface area contributed by atoms with E-state index >= 15 is 0 Å². The van der Waals surface area contributed by atoms with Crippen molar-refractivity contribution >= 4 is 5.91 Å². The highest BCUT2D eigenvalue weighted by Crippen LogP contribution is 2.14. The molecule has 1 heterocycles. The Labute approximate surface area is 102 Å². The molecule has 0 aromatic carbocycles. The van der Waals surface area contributed by atoms with Gasteiger partial charge in [0.15, 0.2) is 5.69 Å². The van der Waals surface area contributed by atoms with Gasteiger partial charge in [-0.2, -0.15) is 0 Å². The second-order valence-corrected chi connectivity index (χ2v) is 4.25. The second kappa shape index (κ2) is 6.20. The second-order valence-electron chi connectivity index (χ2n) is 4.25. The van der Waals surface area contributed by atoms with E-state index in [0.29, 0.717) is 6.54 Å². The minimum atomic E-state index is -0.248. The summed E-state index contributed by atoms with van der Waals surface area (Å²) in [5, 5.41) is 9.53. The highest BCUT2D eigenvalue weighted by atomic mass is 16.3. The Balaban J connectivity index is 2.55. The first-order valence-corrected chi connectivity index (χ1v) is 5.56. The molecule has 0 aliphatic rings. The molecule has 0 aliphatic carbocycles. The third-order valence-electron chi connectivity index (χ3n) is 2.43. The summed E-state index contributed by atoms with van der Waals surface area (Å²) in [5.74, 6) is -0.321. The van der Waals surface area contributed by atoms with E-state index in [1.54, 1.807) is 18.0 Å².